The molecule has 1 aliphatic heterocycles. The molecule has 1 aromatic carbocycles. The third-order valence-electron chi connectivity index (χ3n) is 5.82. The summed E-state index contributed by atoms with van der Waals surface area (Å²) in [6.45, 7) is 0.733. The lowest BCUT2D eigenvalue weighted by atomic mass is 9.81. The van der Waals surface area contributed by atoms with Crippen molar-refractivity contribution < 1.29 is 18.0 Å². The Kier molecular flexibility index (Phi) is 4.89. The quantitative estimate of drug-likeness (QED) is 0.573. The summed E-state index contributed by atoms with van der Waals surface area (Å²) in [4.78, 5) is 16.3. The molecule has 0 saturated heterocycles. The fraction of sp³-hybridized carbons (Fsp3) is 0.292. The van der Waals surface area contributed by atoms with Crippen LogP contribution in [-0.4, -0.2) is 26.7 Å². The number of pyridine rings is 1. The van der Waals surface area contributed by atoms with Crippen LogP contribution in [0.15, 0.2) is 49.1 Å². The summed E-state index contributed by atoms with van der Waals surface area (Å²) in [6, 6.07) is 5.25. The van der Waals surface area contributed by atoms with Crippen LogP contribution < -0.4 is 10.6 Å². The van der Waals surface area contributed by atoms with Crippen LogP contribution in [0.25, 0.3) is 11.1 Å². The summed E-state index contributed by atoms with van der Waals surface area (Å²) >= 11 is 0. The van der Waals surface area contributed by atoms with E-state index in [4.69, 9.17) is 0 Å². The number of halogens is 3. The van der Waals surface area contributed by atoms with Gasteiger partial charge in [-0.3, -0.25) is 9.67 Å². The summed E-state index contributed by atoms with van der Waals surface area (Å²) < 4.78 is 46.4. The number of nitrogens with zero attached hydrogens (tertiary/aromatic N) is 3. The Hall–Kier alpha value is -3.80. The third kappa shape index (κ3) is 3.93. The van der Waals surface area contributed by atoms with Gasteiger partial charge < -0.3 is 10.6 Å². The van der Waals surface area contributed by atoms with Gasteiger partial charge in [-0.1, -0.05) is 11.8 Å². The molecule has 0 unspecified atom stereocenters. The van der Waals surface area contributed by atoms with E-state index in [0.717, 1.165) is 30.0 Å². The number of urea groups is 1. The van der Waals surface area contributed by atoms with Crippen molar-refractivity contribution in [2.45, 2.75) is 37.8 Å². The average molecular weight is 451 g/mol. The fourth-order valence-electron chi connectivity index (χ4n) is 3.85. The lowest BCUT2D eigenvalue weighted by molar-refractivity contribution is -0.0465. The van der Waals surface area contributed by atoms with Crippen molar-refractivity contribution >= 4 is 11.7 Å². The Labute approximate surface area is 188 Å². The summed E-state index contributed by atoms with van der Waals surface area (Å²) in [5, 5.41) is 9.05. The zero-order valence-corrected chi connectivity index (χ0v) is 17.7. The number of alkyl halides is 2. The number of carbonyl (C=O) groups is 1. The number of fused-ring (bicyclic) bond motifs is 1. The molecule has 168 valence electrons. The van der Waals surface area contributed by atoms with Crippen molar-refractivity contribution in [1.82, 2.24) is 20.1 Å². The first-order valence-corrected chi connectivity index (χ1v) is 10.5. The van der Waals surface area contributed by atoms with Gasteiger partial charge in [0.25, 0.3) is 5.92 Å². The first kappa shape index (κ1) is 21.1. The van der Waals surface area contributed by atoms with Gasteiger partial charge in [-0.2, -0.15) is 5.10 Å². The van der Waals surface area contributed by atoms with Crippen molar-refractivity contribution in [3.63, 3.8) is 0 Å². The molecule has 0 radical (unpaired) electrons. The highest BCUT2D eigenvalue weighted by atomic mass is 19.3. The van der Waals surface area contributed by atoms with Crippen LogP contribution in [-0.2, 0) is 12.1 Å². The molecule has 3 heterocycles. The Bertz CT molecular complexity index is 1280. The van der Waals surface area contributed by atoms with Crippen LogP contribution in [0, 0.1) is 23.6 Å². The minimum Gasteiger partial charge on any atom is -0.312 e. The molecule has 9 heteroatoms. The molecule has 1 fully saturated rings. The zero-order chi connectivity index (χ0) is 23.2. The van der Waals surface area contributed by atoms with Gasteiger partial charge in [0.15, 0.2) is 5.54 Å². The molecule has 0 bridgehead atoms. The molecule has 1 atom stereocenters. The number of aromatic nitrogens is 3. The van der Waals surface area contributed by atoms with E-state index in [1.165, 1.54) is 10.7 Å². The van der Waals surface area contributed by atoms with E-state index in [-0.39, 0.29) is 29.3 Å². The second kappa shape index (κ2) is 7.66. The van der Waals surface area contributed by atoms with Gasteiger partial charge in [0, 0.05) is 53.8 Å². The van der Waals surface area contributed by atoms with E-state index in [1.807, 2.05) is 12.1 Å². The predicted octanol–water partition coefficient (Wildman–Crippen LogP) is 4.53. The van der Waals surface area contributed by atoms with E-state index in [1.54, 1.807) is 24.8 Å². The highest BCUT2D eigenvalue weighted by molar-refractivity contribution is 5.95. The minimum absolute atomic E-state index is 0.0259. The fourth-order valence-corrected chi connectivity index (χ4v) is 3.85. The van der Waals surface area contributed by atoms with Crippen molar-refractivity contribution in [3.05, 3.63) is 66.0 Å². The predicted molar refractivity (Wildman–Crippen MR) is 116 cm³/mol. The number of benzene rings is 1. The topological polar surface area (TPSA) is 71.8 Å². The van der Waals surface area contributed by atoms with Gasteiger partial charge in [-0.05, 0) is 42.7 Å². The van der Waals surface area contributed by atoms with Gasteiger partial charge in [-0.15, -0.1) is 0 Å². The monoisotopic (exact) mass is 451 g/mol. The molecule has 6 nitrogen and oxygen atoms in total. The van der Waals surface area contributed by atoms with Gasteiger partial charge in [0.1, 0.15) is 5.82 Å². The maximum Gasteiger partial charge on any atom is 0.320 e. The van der Waals surface area contributed by atoms with Crippen molar-refractivity contribution in [3.8, 4) is 23.0 Å². The van der Waals surface area contributed by atoms with Gasteiger partial charge in [0.2, 0.25) is 0 Å². The second-order valence-electron chi connectivity index (χ2n) is 8.41. The molecule has 1 aliphatic carbocycles. The van der Waals surface area contributed by atoms with Crippen LogP contribution in [0.5, 0.6) is 0 Å². The summed E-state index contributed by atoms with van der Waals surface area (Å²) in [5.41, 5.74) is -0.376. The smallest absolute Gasteiger partial charge is 0.312 e. The number of carbonyl (C=O) groups excluding carboxylic acids is 1. The van der Waals surface area contributed by atoms with Crippen LogP contribution in [0.3, 0.4) is 0 Å². The summed E-state index contributed by atoms with van der Waals surface area (Å²) in [6.07, 6.45) is 8.38. The van der Waals surface area contributed by atoms with Crippen molar-refractivity contribution in [2.75, 3.05) is 5.32 Å². The SMILES string of the molecule is CC(F)(F)[C@@]1(C#CC2CC2)NC(=O)Nc2cc(Cn3cc(-c4ccncc4)cn3)c(F)cc21. The van der Waals surface area contributed by atoms with E-state index in [2.05, 4.69) is 32.6 Å². The number of hydrogen-bond donors (Lipinski definition) is 2. The molecule has 0 spiro atoms. The second-order valence-corrected chi connectivity index (χ2v) is 8.41. The highest BCUT2D eigenvalue weighted by Crippen LogP contribution is 2.44. The number of rotatable bonds is 4. The molecule has 2 amide bonds. The van der Waals surface area contributed by atoms with Crippen LogP contribution >= 0.6 is 0 Å². The van der Waals surface area contributed by atoms with Crippen LogP contribution in [0.1, 0.15) is 30.9 Å². The Morgan fingerprint density at radius 2 is 2.00 bits per heavy atom. The maximum atomic E-state index is 15.1. The van der Waals surface area contributed by atoms with E-state index in [9.17, 15) is 13.6 Å². The molecule has 3 aromatic rings. The molecular formula is C24H20F3N5O. The third-order valence-corrected chi connectivity index (χ3v) is 5.82. The normalized spacial score (nSPS) is 19.7. The zero-order valence-electron chi connectivity index (χ0n) is 17.7. The van der Waals surface area contributed by atoms with Crippen LogP contribution in [0.2, 0.25) is 0 Å². The summed E-state index contributed by atoms with van der Waals surface area (Å²) in [7, 11) is 0. The number of anilines is 1. The van der Waals surface area contributed by atoms with Crippen molar-refractivity contribution in [1.29, 1.82) is 0 Å². The lowest BCUT2D eigenvalue weighted by Crippen LogP contribution is -2.59. The molecule has 2 aromatic heterocycles. The highest BCUT2D eigenvalue weighted by Gasteiger charge is 2.55. The van der Waals surface area contributed by atoms with Gasteiger partial charge in [0.05, 0.1) is 12.7 Å². The molecule has 33 heavy (non-hydrogen) atoms. The van der Waals surface area contributed by atoms with E-state index >= 15 is 4.39 Å². The number of hydrogen-bond acceptors (Lipinski definition) is 3. The molecule has 5 rings (SSSR count). The number of amides is 2. The Morgan fingerprint density at radius 1 is 1.24 bits per heavy atom. The number of nitrogens with one attached hydrogen (secondary N) is 2. The molecular weight excluding hydrogens is 431 g/mol. The van der Waals surface area contributed by atoms with E-state index < -0.39 is 23.3 Å². The van der Waals surface area contributed by atoms with Gasteiger partial charge >= 0.3 is 6.03 Å². The average Bonchev–Trinajstić information content (AvgIpc) is 3.49. The van der Waals surface area contributed by atoms with Crippen molar-refractivity contribution in [2.24, 2.45) is 5.92 Å². The minimum atomic E-state index is -3.45. The largest absolute Gasteiger partial charge is 0.320 e. The molecule has 2 N–H and O–H groups in total. The molecule has 2 aliphatic rings. The standard InChI is InChI=1S/C24H20F3N5O/c1-23(26,27)24(7-4-15-2-3-15)19-11-20(25)17(10-21(19)30-22(33)31-24)13-32-14-18(12-29-32)16-5-8-28-9-6-16/h5-6,8-12,14-15H,2-3,13H2,1H3,(H2,30,31,33)/t24-/m0/s1. The maximum absolute atomic E-state index is 15.1. The summed E-state index contributed by atoms with van der Waals surface area (Å²) in [5.74, 6) is 1.29. The first-order valence-electron chi connectivity index (χ1n) is 10.5. The van der Waals surface area contributed by atoms with Gasteiger partial charge in [-0.25, -0.2) is 18.0 Å². The lowest BCUT2D eigenvalue weighted by Gasteiger charge is -2.40. The van der Waals surface area contributed by atoms with Crippen LogP contribution in [0.4, 0.5) is 23.7 Å². The first-order chi connectivity index (χ1) is 15.7. The van der Waals surface area contributed by atoms with E-state index in [0.29, 0.717) is 6.92 Å². The Balaban J connectivity index is 1.52. The Morgan fingerprint density at radius 3 is 2.70 bits per heavy atom. The molecule has 1 saturated carbocycles.